The fourth-order valence-electron chi connectivity index (χ4n) is 2.36. The van der Waals surface area contributed by atoms with Crippen LogP contribution in [0.5, 0.6) is 0 Å². The maximum absolute atomic E-state index is 12.2. The summed E-state index contributed by atoms with van der Waals surface area (Å²) in [7, 11) is 1.81. The van der Waals surface area contributed by atoms with E-state index in [1.165, 1.54) is 11.3 Å². The third-order valence-corrected chi connectivity index (χ3v) is 4.69. The minimum Gasteiger partial charge on any atom is -0.368 e. The molecular formula is C17H16N8OS. The molecular weight excluding hydrogens is 364 g/mol. The van der Waals surface area contributed by atoms with Gasteiger partial charge in [-0.2, -0.15) is 5.10 Å². The van der Waals surface area contributed by atoms with Crippen LogP contribution < -0.4 is 16.4 Å². The number of hydrogen-bond acceptors (Lipinski definition) is 7. The van der Waals surface area contributed by atoms with Crippen molar-refractivity contribution in [1.29, 1.82) is 0 Å². The second-order valence-corrected chi connectivity index (χ2v) is 7.07. The number of nitrogens with two attached hydrogens (primary N) is 1. The van der Waals surface area contributed by atoms with E-state index in [0.29, 0.717) is 27.3 Å². The van der Waals surface area contributed by atoms with Crippen LogP contribution >= 0.6 is 11.3 Å². The predicted molar refractivity (Wildman–Crippen MR) is 102 cm³/mol. The summed E-state index contributed by atoms with van der Waals surface area (Å²) in [6.45, 7) is 0. The van der Waals surface area contributed by atoms with Gasteiger partial charge in [0.05, 0.1) is 22.3 Å². The van der Waals surface area contributed by atoms with E-state index in [1.807, 2.05) is 6.07 Å². The summed E-state index contributed by atoms with van der Waals surface area (Å²) in [5.74, 6) is 7.26. The zero-order valence-corrected chi connectivity index (χ0v) is 15.2. The van der Waals surface area contributed by atoms with Crippen molar-refractivity contribution in [2.24, 2.45) is 7.05 Å². The number of aromatic nitrogens is 5. The maximum Gasteiger partial charge on any atom is 0.326 e. The van der Waals surface area contributed by atoms with Crippen LogP contribution in [0.15, 0.2) is 24.7 Å². The molecule has 9 nitrogen and oxygen atoms in total. The molecule has 1 aliphatic rings. The summed E-state index contributed by atoms with van der Waals surface area (Å²) in [6, 6.07) is 1.53. The quantitative estimate of drug-likeness (QED) is 0.598. The van der Waals surface area contributed by atoms with Crippen molar-refractivity contribution in [2.45, 2.75) is 18.8 Å². The molecule has 0 spiro atoms. The number of anilines is 3. The highest BCUT2D eigenvalue weighted by Crippen LogP contribution is 2.39. The summed E-state index contributed by atoms with van der Waals surface area (Å²) in [6.07, 6.45) is 7.02. The first-order valence-corrected chi connectivity index (χ1v) is 9.06. The lowest BCUT2D eigenvalue weighted by Crippen LogP contribution is -2.20. The lowest BCUT2D eigenvalue weighted by Gasteiger charge is -2.04. The first kappa shape index (κ1) is 17.0. The lowest BCUT2D eigenvalue weighted by atomic mass is 10.3. The van der Waals surface area contributed by atoms with Gasteiger partial charge in [0.25, 0.3) is 0 Å². The van der Waals surface area contributed by atoms with E-state index in [0.717, 1.165) is 18.5 Å². The second kappa shape index (κ2) is 7.05. The molecule has 4 rings (SSSR count). The number of urea groups is 1. The molecule has 2 amide bonds. The maximum atomic E-state index is 12.2. The van der Waals surface area contributed by atoms with Crippen molar-refractivity contribution in [1.82, 2.24) is 24.7 Å². The second-order valence-electron chi connectivity index (χ2n) is 6.04. The molecule has 4 N–H and O–H groups in total. The molecule has 0 unspecified atom stereocenters. The largest absolute Gasteiger partial charge is 0.368 e. The number of thiazole rings is 1. The van der Waals surface area contributed by atoms with Crippen LogP contribution in [0.25, 0.3) is 0 Å². The molecule has 1 saturated carbocycles. The summed E-state index contributed by atoms with van der Waals surface area (Å²) >= 11 is 1.27. The SMILES string of the molecule is Cn1nc(C2CC2)cc1NC(=O)Nc1ncc(C#Cc2cnc(N)nc2)s1. The third kappa shape index (κ3) is 4.21. The van der Waals surface area contributed by atoms with Gasteiger partial charge < -0.3 is 5.73 Å². The third-order valence-electron chi connectivity index (χ3n) is 3.86. The first-order chi connectivity index (χ1) is 13.1. The van der Waals surface area contributed by atoms with Gasteiger partial charge in [0.1, 0.15) is 5.82 Å². The van der Waals surface area contributed by atoms with Gasteiger partial charge in [-0.15, -0.1) is 0 Å². The minimum atomic E-state index is -0.374. The van der Waals surface area contributed by atoms with Crippen LogP contribution in [0.3, 0.4) is 0 Å². The molecule has 1 aliphatic carbocycles. The Morgan fingerprint density at radius 3 is 2.74 bits per heavy atom. The highest BCUT2D eigenvalue weighted by Gasteiger charge is 2.27. The van der Waals surface area contributed by atoms with Gasteiger partial charge in [0, 0.05) is 31.4 Å². The number of carbonyl (C=O) groups excluding carboxylic acids is 1. The van der Waals surface area contributed by atoms with E-state index in [4.69, 9.17) is 5.73 Å². The summed E-state index contributed by atoms with van der Waals surface area (Å²) in [5, 5.41) is 10.4. The van der Waals surface area contributed by atoms with Crippen LogP contribution in [0.4, 0.5) is 21.7 Å². The van der Waals surface area contributed by atoms with E-state index in [2.05, 4.69) is 42.5 Å². The van der Waals surface area contributed by atoms with Crippen LogP contribution in [-0.2, 0) is 7.05 Å². The fourth-order valence-corrected chi connectivity index (χ4v) is 3.02. The number of carbonyl (C=O) groups is 1. The summed E-state index contributed by atoms with van der Waals surface area (Å²) < 4.78 is 1.67. The Kier molecular flexibility index (Phi) is 4.43. The molecule has 0 aromatic carbocycles. The van der Waals surface area contributed by atoms with E-state index < -0.39 is 0 Å². The molecule has 0 aliphatic heterocycles. The van der Waals surface area contributed by atoms with Gasteiger partial charge in [0.2, 0.25) is 5.95 Å². The number of hydrogen-bond donors (Lipinski definition) is 3. The highest BCUT2D eigenvalue weighted by atomic mass is 32.1. The van der Waals surface area contributed by atoms with E-state index in [1.54, 1.807) is 30.3 Å². The van der Waals surface area contributed by atoms with Crippen molar-refractivity contribution in [3.05, 3.63) is 40.8 Å². The molecule has 136 valence electrons. The predicted octanol–water partition coefficient (Wildman–Crippen LogP) is 2.17. The molecule has 3 aromatic heterocycles. The van der Waals surface area contributed by atoms with Crippen LogP contribution in [0.1, 0.15) is 34.9 Å². The Labute approximate surface area is 159 Å². The molecule has 0 radical (unpaired) electrons. The van der Waals surface area contributed by atoms with Crippen molar-refractivity contribution in [3.8, 4) is 11.8 Å². The average molecular weight is 380 g/mol. The molecule has 0 bridgehead atoms. The smallest absolute Gasteiger partial charge is 0.326 e. The number of nitrogens with zero attached hydrogens (tertiary/aromatic N) is 5. The normalized spacial score (nSPS) is 12.9. The molecule has 0 atom stereocenters. The van der Waals surface area contributed by atoms with Crippen LogP contribution in [0, 0.1) is 11.8 Å². The Morgan fingerprint density at radius 1 is 1.22 bits per heavy atom. The minimum absolute atomic E-state index is 0.202. The average Bonchev–Trinajstić information content (AvgIpc) is 3.31. The Hall–Kier alpha value is -3.45. The number of nitrogen functional groups attached to an aromatic ring is 1. The molecule has 3 aromatic rings. The molecule has 27 heavy (non-hydrogen) atoms. The number of nitrogens with one attached hydrogen (secondary N) is 2. The van der Waals surface area contributed by atoms with Crippen molar-refractivity contribution in [3.63, 3.8) is 0 Å². The highest BCUT2D eigenvalue weighted by molar-refractivity contribution is 7.16. The molecule has 3 heterocycles. The van der Waals surface area contributed by atoms with Gasteiger partial charge in [-0.25, -0.2) is 19.7 Å². The first-order valence-electron chi connectivity index (χ1n) is 8.24. The molecule has 0 saturated heterocycles. The fraction of sp³-hybridized carbons (Fsp3) is 0.235. The number of amides is 2. The van der Waals surface area contributed by atoms with Gasteiger partial charge in [-0.05, 0) is 18.8 Å². The van der Waals surface area contributed by atoms with E-state index >= 15 is 0 Å². The van der Waals surface area contributed by atoms with E-state index in [-0.39, 0.29) is 12.0 Å². The number of aryl methyl sites for hydroxylation is 1. The van der Waals surface area contributed by atoms with Crippen LogP contribution in [0.2, 0.25) is 0 Å². The van der Waals surface area contributed by atoms with Crippen molar-refractivity contribution >= 4 is 34.3 Å². The van der Waals surface area contributed by atoms with Gasteiger partial charge in [-0.3, -0.25) is 15.3 Å². The summed E-state index contributed by atoms with van der Waals surface area (Å²) in [5.41, 5.74) is 7.10. The van der Waals surface area contributed by atoms with E-state index in [9.17, 15) is 4.79 Å². The molecule has 1 fully saturated rings. The standard InChI is InChI=1S/C17H16N8OS/c1-25-14(6-13(24-25)11-3-4-11)22-16(26)23-17-21-9-12(27-17)5-2-10-7-19-15(18)20-8-10/h6-9,11H,3-4H2,1H3,(H2,18,19,20)(H2,21,22,23,26). The van der Waals surface area contributed by atoms with Gasteiger partial charge in [-0.1, -0.05) is 17.3 Å². The van der Waals surface area contributed by atoms with Crippen molar-refractivity contribution in [2.75, 3.05) is 16.4 Å². The zero-order chi connectivity index (χ0) is 18.8. The monoisotopic (exact) mass is 380 g/mol. The Morgan fingerprint density at radius 2 is 2.00 bits per heavy atom. The molecule has 10 heteroatoms. The Bertz CT molecular complexity index is 1040. The topological polar surface area (TPSA) is 124 Å². The Balaban J connectivity index is 1.37. The summed E-state index contributed by atoms with van der Waals surface area (Å²) in [4.78, 5) is 24.8. The van der Waals surface area contributed by atoms with Gasteiger partial charge in [0.15, 0.2) is 5.13 Å². The van der Waals surface area contributed by atoms with Crippen LogP contribution in [-0.4, -0.2) is 30.8 Å². The number of rotatable bonds is 3. The lowest BCUT2D eigenvalue weighted by molar-refractivity contribution is 0.262. The zero-order valence-electron chi connectivity index (χ0n) is 14.4. The van der Waals surface area contributed by atoms with Crippen molar-refractivity contribution < 1.29 is 4.79 Å². The van der Waals surface area contributed by atoms with Gasteiger partial charge >= 0.3 is 6.03 Å².